The number of anilines is 1. The fraction of sp³-hybridized carbons (Fsp3) is 0.222. The van der Waals surface area contributed by atoms with Gasteiger partial charge in [-0.15, -0.1) is 0 Å². The normalized spacial score (nSPS) is 17.9. The topological polar surface area (TPSA) is 46.0 Å². The minimum absolute atomic E-state index is 0.0420. The van der Waals surface area contributed by atoms with E-state index in [0.717, 1.165) is 34.2 Å². The molecular formula is C27H27N5S. The van der Waals surface area contributed by atoms with Crippen molar-refractivity contribution < 1.29 is 0 Å². The van der Waals surface area contributed by atoms with Crippen molar-refractivity contribution >= 4 is 23.0 Å². The number of hydrogen-bond acceptors (Lipinski definition) is 3. The molecule has 1 aliphatic heterocycles. The van der Waals surface area contributed by atoms with Gasteiger partial charge in [0.2, 0.25) is 0 Å². The molecule has 0 aliphatic carbocycles. The molecule has 166 valence electrons. The van der Waals surface area contributed by atoms with E-state index in [1.165, 1.54) is 11.1 Å². The lowest BCUT2D eigenvalue weighted by molar-refractivity contribution is 0.565. The van der Waals surface area contributed by atoms with Gasteiger partial charge in [0.05, 0.1) is 17.8 Å². The molecule has 1 aliphatic rings. The third kappa shape index (κ3) is 3.80. The molecule has 0 radical (unpaired) electrons. The van der Waals surface area contributed by atoms with Gasteiger partial charge >= 0.3 is 0 Å². The van der Waals surface area contributed by atoms with Crippen molar-refractivity contribution in [1.29, 1.82) is 0 Å². The summed E-state index contributed by atoms with van der Waals surface area (Å²) in [5.74, 6) is 0.923. The molecule has 2 unspecified atom stereocenters. The molecule has 4 heterocycles. The highest BCUT2D eigenvalue weighted by atomic mass is 32.1. The Morgan fingerprint density at radius 3 is 2.42 bits per heavy atom. The molecule has 0 amide bonds. The highest BCUT2D eigenvalue weighted by Crippen LogP contribution is 2.43. The Balaban J connectivity index is 1.68. The maximum atomic E-state index is 5.88. The first-order chi connectivity index (χ1) is 15.9. The number of benzene rings is 1. The van der Waals surface area contributed by atoms with Crippen molar-refractivity contribution in [3.63, 3.8) is 0 Å². The molecule has 6 heteroatoms. The molecular weight excluding hydrogens is 426 g/mol. The monoisotopic (exact) mass is 453 g/mol. The molecule has 0 saturated carbocycles. The fourth-order valence-electron chi connectivity index (χ4n) is 4.76. The van der Waals surface area contributed by atoms with Crippen LogP contribution in [-0.2, 0) is 0 Å². The van der Waals surface area contributed by atoms with Gasteiger partial charge in [0.25, 0.3) is 0 Å². The van der Waals surface area contributed by atoms with E-state index in [0.29, 0.717) is 5.11 Å². The molecule has 5 rings (SSSR count). The molecule has 1 saturated heterocycles. The summed E-state index contributed by atoms with van der Waals surface area (Å²) < 4.78 is 2.22. The lowest BCUT2D eigenvalue weighted by Crippen LogP contribution is -2.29. The molecule has 1 N–H and O–H groups in total. The van der Waals surface area contributed by atoms with E-state index in [1.807, 2.05) is 24.5 Å². The van der Waals surface area contributed by atoms with Crippen LogP contribution in [0.2, 0.25) is 0 Å². The lowest BCUT2D eigenvalue weighted by Gasteiger charge is -2.28. The second-order valence-corrected chi connectivity index (χ2v) is 9.08. The van der Waals surface area contributed by atoms with Crippen LogP contribution in [0.4, 0.5) is 5.69 Å². The van der Waals surface area contributed by atoms with Crippen LogP contribution in [0.3, 0.4) is 0 Å². The van der Waals surface area contributed by atoms with E-state index >= 15 is 0 Å². The molecule has 0 spiro atoms. The molecule has 2 atom stereocenters. The Bertz CT molecular complexity index is 1310. The first-order valence-corrected chi connectivity index (χ1v) is 11.5. The van der Waals surface area contributed by atoms with Crippen LogP contribution < -0.4 is 10.2 Å². The number of hydrogen-bond donors (Lipinski definition) is 1. The molecule has 1 aromatic carbocycles. The van der Waals surface area contributed by atoms with E-state index in [9.17, 15) is 0 Å². The van der Waals surface area contributed by atoms with E-state index in [2.05, 4.69) is 101 Å². The molecule has 4 aromatic rings. The number of aryl methyl sites for hydroxylation is 3. The van der Waals surface area contributed by atoms with Crippen molar-refractivity contribution in [2.75, 3.05) is 4.90 Å². The summed E-state index contributed by atoms with van der Waals surface area (Å²) >= 11 is 5.88. The van der Waals surface area contributed by atoms with Gasteiger partial charge in [-0.25, -0.2) is 4.98 Å². The average Bonchev–Trinajstić information content (AvgIpc) is 3.30. The molecule has 5 nitrogen and oxygen atoms in total. The van der Waals surface area contributed by atoms with Crippen molar-refractivity contribution in [2.45, 2.75) is 39.8 Å². The van der Waals surface area contributed by atoms with Crippen LogP contribution >= 0.6 is 12.2 Å². The predicted octanol–water partition coefficient (Wildman–Crippen LogP) is 5.68. The predicted molar refractivity (Wildman–Crippen MR) is 137 cm³/mol. The van der Waals surface area contributed by atoms with E-state index in [-0.39, 0.29) is 12.1 Å². The third-order valence-corrected chi connectivity index (χ3v) is 6.61. The van der Waals surface area contributed by atoms with Crippen molar-refractivity contribution in [1.82, 2.24) is 19.9 Å². The van der Waals surface area contributed by atoms with Crippen LogP contribution in [0.1, 0.15) is 45.9 Å². The zero-order chi connectivity index (χ0) is 23.1. The van der Waals surface area contributed by atoms with Crippen LogP contribution in [0, 0.1) is 27.7 Å². The van der Waals surface area contributed by atoms with Gasteiger partial charge in [0.1, 0.15) is 5.82 Å². The second-order valence-electron chi connectivity index (χ2n) is 8.69. The largest absolute Gasteiger partial charge is 0.351 e. The summed E-state index contributed by atoms with van der Waals surface area (Å²) in [5, 5.41) is 4.27. The zero-order valence-corrected chi connectivity index (χ0v) is 20.1. The van der Waals surface area contributed by atoms with Crippen LogP contribution in [0.25, 0.3) is 5.82 Å². The number of nitrogens with one attached hydrogen (secondary N) is 1. The summed E-state index contributed by atoms with van der Waals surface area (Å²) in [5.41, 5.74) is 7.89. The summed E-state index contributed by atoms with van der Waals surface area (Å²) in [7, 11) is 0. The fourth-order valence-corrected chi connectivity index (χ4v) is 5.10. The number of nitrogens with zero attached hydrogens (tertiary/aromatic N) is 4. The van der Waals surface area contributed by atoms with Gasteiger partial charge in [0.15, 0.2) is 5.11 Å². The third-order valence-electron chi connectivity index (χ3n) is 6.29. The molecule has 33 heavy (non-hydrogen) atoms. The van der Waals surface area contributed by atoms with Gasteiger partial charge in [-0.3, -0.25) is 4.98 Å². The number of thiocarbonyl (C=S) groups is 1. The average molecular weight is 454 g/mol. The standard InChI is InChI=1S/C27H27N5S/c1-17-8-7-9-21(14-17)32-26(25(30-27(32)33)23-10-5-6-13-28-23)22-15-19(3)31(20(22)4)24-12-11-18(2)16-29-24/h5-16,25-26H,1-4H3,(H,30,33). The summed E-state index contributed by atoms with van der Waals surface area (Å²) in [6.45, 7) is 8.46. The Morgan fingerprint density at radius 1 is 0.879 bits per heavy atom. The van der Waals surface area contributed by atoms with Crippen molar-refractivity contribution in [3.05, 3.63) is 107 Å². The lowest BCUT2D eigenvalue weighted by atomic mass is 9.96. The Hall–Kier alpha value is -3.51. The van der Waals surface area contributed by atoms with Crippen LogP contribution in [0.5, 0.6) is 0 Å². The number of pyridine rings is 2. The van der Waals surface area contributed by atoms with E-state index in [1.54, 1.807) is 0 Å². The maximum absolute atomic E-state index is 5.88. The highest BCUT2D eigenvalue weighted by molar-refractivity contribution is 7.80. The Morgan fingerprint density at radius 2 is 1.73 bits per heavy atom. The summed E-state index contributed by atoms with van der Waals surface area (Å²) in [6, 6.07) is 20.8. The van der Waals surface area contributed by atoms with Gasteiger partial charge < -0.3 is 14.8 Å². The number of aromatic nitrogens is 3. The minimum Gasteiger partial charge on any atom is -0.351 e. The summed E-state index contributed by atoms with van der Waals surface area (Å²) in [6.07, 6.45) is 3.75. The molecule has 3 aromatic heterocycles. The van der Waals surface area contributed by atoms with Gasteiger partial charge in [-0.05, 0) is 93.0 Å². The first kappa shape index (κ1) is 21.3. The van der Waals surface area contributed by atoms with Crippen LogP contribution in [0.15, 0.2) is 73.1 Å². The first-order valence-electron chi connectivity index (χ1n) is 11.1. The molecule has 0 bridgehead atoms. The minimum atomic E-state index is -0.0702. The Labute approximate surface area is 200 Å². The van der Waals surface area contributed by atoms with Gasteiger partial charge in [0, 0.05) is 29.5 Å². The van der Waals surface area contributed by atoms with Crippen LogP contribution in [-0.4, -0.2) is 19.6 Å². The van der Waals surface area contributed by atoms with E-state index in [4.69, 9.17) is 12.2 Å². The molecule has 1 fully saturated rings. The van der Waals surface area contributed by atoms with Gasteiger partial charge in [-0.1, -0.05) is 24.3 Å². The second kappa shape index (κ2) is 8.45. The smallest absolute Gasteiger partial charge is 0.174 e. The van der Waals surface area contributed by atoms with Gasteiger partial charge in [-0.2, -0.15) is 0 Å². The Kier molecular flexibility index (Phi) is 5.46. The quantitative estimate of drug-likeness (QED) is 0.403. The van der Waals surface area contributed by atoms with E-state index < -0.39 is 0 Å². The maximum Gasteiger partial charge on any atom is 0.174 e. The van der Waals surface area contributed by atoms with Crippen molar-refractivity contribution in [3.8, 4) is 5.82 Å². The number of rotatable bonds is 4. The highest BCUT2D eigenvalue weighted by Gasteiger charge is 2.42. The van der Waals surface area contributed by atoms with Crippen molar-refractivity contribution in [2.24, 2.45) is 0 Å². The zero-order valence-electron chi connectivity index (χ0n) is 19.3. The SMILES string of the molecule is Cc1ccc(-n2c(C)cc(C3C(c4ccccn4)NC(=S)N3c3cccc(C)c3)c2C)nc1. The summed E-state index contributed by atoms with van der Waals surface area (Å²) in [4.78, 5) is 11.6.